The number of esters is 1. The van der Waals surface area contributed by atoms with E-state index in [1.165, 1.54) is 29.9 Å². The molecule has 8 heteroatoms. The third kappa shape index (κ3) is 4.14. The summed E-state index contributed by atoms with van der Waals surface area (Å²) in [7, 11) is 3.30. The van der Waals surface area contributed by atoms with Crippen LogP contribution in [0.1, 0.15) is 38.4 Å². The number of rotatable bonds is 5. The van der Waals surface area contributed by atoms with E-state index in [0.717, 1.165) is 31.6 Å². The standard InChI is InChI=1S/C26H30N4O4/c1-17-20(15-27-28(17)2)16-29-9-8-22-25(26(32)33-3)23(14-24(31)30(22)11-10-29)34-21-12-18-6-4-5-7-19(18)13-21/h4-7,14-15,21H,8-13,16H2,1-3H3. The Hall–Kier alpha value is -3.39. The molecule has 1 aromatic carbocycles. The number of pyridine rings is 1. The minimum atomic E-state index is -0.467. The van der Waals surface area contributed by atoms with Gasteiger partial charge in [-0.15, -0.1) is 0 Å². The summed E-state index contributed by atoms with van der Waals surface area (Å²) in [6.07, 6.45) is 3.85. The lowest BCUT2D eigenvalue weighted by Gasteiger charge is -2.20. The smallest absolute Gasteiger partial charge is 0.343 e. The molecule has 3 heterocycles. The van der Waals surface area contributed by atoms with Gasteiger partial charge in [-0.1, -0.05) is 24.3 Å². The Kier molecular flexibility index (Phi) is 6.00. The summed E-state index contributed by atoms with van der Waals surface area (Å²) in [6.45, 7) is 4.74. The Morgan fingerprint density at radius 2 is 1.88 bits per heavy atom. The molecule has 0 bridgehead atoms. The third-order valence-electron chi connectivity index (χ3n) is 7.11. The van der Waals surface area contributed by atoms with E-state index in [1.54, 1.807) is 4.57 Å². The van der Waals surface area contributed by atoms with Crippen LogP contribution in [-0.4, -0.2) is 51.5 Å². The minimum Gasteiger partial charge on any atom is -0.489 e. The fourth-order valence-electron chi connectivity index (χ4n) is 5.09. The number of aromatic nitrogens is 3. The maximum atomic E-state index is 13.1. The lowest BCUT2D eigenvalue weighted by molar-refractivity contribution is 0.0590. The monoisotopic (exact) mass is 462 g/mol. The highest BCUT2D eigenvalue weighted by atomic mass is 16.5. The van der Waals surface area contributed by atoms with E-state index in [0.29, 0.717) is 36.5 Å². The lowest BCUT2D eigenvalue weighted by Crippen LogP contribution is -2.30. The number of methoxy groups -OCH3 is 1. The minimum absolute atomic E-state index is 0.112. The van der Waals surface area contributed by atoms with Gasteiger partial charge in [-0.25, -0.2) is 4.79 Å². The van der Waals surface area contributed by atoms with Crippen molar-refractivity contribution >= 4 is 5.97 Å². The van der Waals surface area contributed by atoms with Gasteiger partial charge in [0.2, 0.25) is 0 Å². The van der Waals surface area contributed by atoms with Gasteiger partial charge in [0.05, 0.1) is 13.3 Å². The van der Waals surface area contributed by atoms with Crippen LogP contribution in [-0.2, 0) is 44.1 Å². The predicted molar refractivity (Wildman–Crippen MR) is 127 cm³/mol. The third-order valence-corrected chi connectivity index (χ3v) is 7.11. The van der Waals surface area contributed by atoms with Crippen LogP contribution in [0.15, 0.2) is 41.3 Å². The van der Waals surface area contributed by atoms with Crippen LogP contribution in [0.3, 0.4) is 0 Å². The first-order valence-corrected chi connectivity index (χ1v) is 11.7. The maximum absolute atomic E-state index is 13.1. The van der Waals surface area contributed by atoms with E-state index in [4.69, 9.17) is 9.47 Å². The molecule has 0 saturated heterocycles. The number of ether oxygens (including phenoxy) is 2. The maximum Gasteiger partial charge on any atom is 0.343 e. The lowest BCUT2D eigenvalue weighted by atomic mass is 10.1. The zero-order valence-electron chi connectivity index (χ0n) is 19.9. The largest absolute Gasteiger partial charge is 0.489 e. The number of aryl methyl sites for hydroxylation is 1. The van der Waals surface area contributed by atoms with Crippen LogP contribution in [0.4, 0.5) is 0 Å². The molecular weight excluding hydrogens is 432 g/mol. The molecule has 0 radical (unpaired) electrons. The van der Waals surface area contributed by atoms with Crippen molar-refractivity contribution in [1.29, 1.82) is 0 Å². The van der Waals surface area contributed by atoms with Crippen molar-refractivity contribution in [2.24, 2.45) is 7.05 Å². The van der Waals surface area contributed by atoms with Crippen molar-refractivity contribution in [1.82, 2.24) is 19.2 Å². The first-order chi connectivity index (χ1) is 16.4. The molecule has 0 spiro atoms. The van der Waals surface area contributed by atoms with Crippen LogP contribution in [0.2, 0.25) is 0 Å². The molecule has 2 aliphatic rings. The fraction of sp³-hybridized carbons (Fsp3) is 0.423. The van der Waals surface area contributed by atoms with Crippen molar-refractivity contribution in [2.45, 2.75) is 45.4 Å². The molecule has 5 rings (SSSR count). The number of hydrogen-bond donors (Lipinski definition) is 0. The molecule has 2 aromatic heterocycles. The van der Waals surface area contributed by atoms with Gasteiger partial charge >= 0.3 is 5.97 Å². The van der Waals surface area contributed by atoms with Gasteiger partial charge in [-0.2, -0.15) is 5.10 Å². The van der Waals surface area contributed by atoms with Gasteiger partial charge in [0.1, 0.15) is 17.4 Å². The molecule has 3 aromatic rings. The normalized spacial score (nSPS) is 16.1. The summed E-state index contributed by atoms with van der Waals surface area (Å²) in [5.74, 6) is -0.136. The molecule has 0 unspecified atom stereocenters. The second-order valence-electron chi connectivity index (χ2n) is 9.13. The average Bonchev–Trinajstić information content (AvgIpc) is 3.30. The van der Waals surface area contributed by atoms with Crippen LogP contribution in [0.25, 0.3) is 0 Å². The van der Waals surface area contributed by atoms with Crippen LogP contribution in [0.5, 0.6) is 5.75 Å². The van der Waals surface area contributed by atoms with Gasteiger partial charge in [0, 0.05) is 75.5 Å². The molecule has 1 aliphatic carbocycles. The molecule has 0 atom stereocenters. The molecule has 8 nitrogen and oxygen atoms in total. The van der Waals surface area contributed by atoms with Gasteiger partial charge in [-0.05, 0) is 18.1 Å². The van der Waals surface area contributed by atoms with Crippen LogP contribution in [0, 0.1) is 6.92 Å². The number of benzene rings is 1. The number of carbonyl (C=O) groups excluding carboxylic acids is 1. The van der Waals surface area contributed by atoms with E-state index in [-0.39, 0.29) is 11.7 Å². The number of fused-ring (bicyclic) bond motifs is 2. The van der Waals surface area contributed by atoms with E-state index in [2.05, 4.69) is 29.1 Å². The number of nitrogens with zero attached hydrogens (tertiary/aromatic N) is 4. The molecule has 0 N–H and O–H groups in total. The molecular formula is C26H30N4O4. The fourth-order valence-corrected chi connectivity index (χ4v) is 5.09. The highest BCUT2D eigenvalue weighted by Gasteiger charge is 2.29. The summed E-state index contributed by atoms with van der Waals surface area (Å²) in [4.78, 5) is 28.3. The van der Waals surface area contributed by atoms with Gasteiger partial charge in [-0.3, -0.25) is 14.4 Å². The van der Waals surface area contributed by atoms with Crippen LogP contribution >= 0.6 is 0 Å². The Morgan fingerprint density at radius 1 is 1.15 bits per heavy atom. The number of carbonyl (C=O) groups is 1. The summed E-state index contributed by atoms with van der Waals surface area (Å²) >= 11 is 0. The zero-order valence-corrected chi connectivity index (χ0v) is 19.9. The Balaban J connectivity index is 1.42. The Bertz CT molecular complexity index is 1270. The Labute approximate surface area is 198 Å². The zero-order chi connectivity index (χ0) is 23.8. The second-order valence-corrected chi connectivity index (χ2v) is 9.13. The summed E-state index contributed by atoms with van der Waals surface area (Å²) in [6, 6.07) is 9.71. The first kappa shape index (κ1) is 22.4. The van der Waals surface area contributed by atoms with Crippen LogP contribution < -0.4 is 10.3 Å². The van der Waals surface area contributed by atoms with Crippen molar-refractivity contribution < 1.29 is 14.3 Å². The molecule has 1 aliphatic heterocycles. The Morgan fingerprint density at radius 3 is 2.53 bits per heavy atom. The molecule has 0 fully saturated rings. The second kappa shape index (κ2) is 9.10. The molecule has 0 amide bonds. The van der Waals surface area contributed by atoms with Crippen molar-refractivity contribution in [3.05, 3.63) is 80.5 Å². The average molecular weight is 463 g/mol. The molecule has 34 heavy (non-hydrogen) atoms. The van der Waals surface area contributed by atoms with Crippen molar-refractivity contribution in [3.8, 4) is 5.75 Å². The van der Waals surface area contributed by atoms with Gasteiger partial charge in [0.25, 0.3) is 5.56 Å². The number of hydrogen-bond acceptors (Lipinski definition) is 6. The SMILES string of the molecule is COC(=O)c1c(OC2Cc3ccccc3C2)cc(=O)n2c1CCN(Cc1cnn(C)c1C)CC2. The summed E-state index contributed by atoms with van der Waals surface area (Å²) in [5.41, 5.74) is 5.71. The van der Waals surface area contributed by atoms with E-state index < -0.39 is 5.97 Å². The van der Waals surface area contributed by atoms with E-state index >= 15 is 0 Å². The van der Waals surface area contributed by atoms with Crippen molar-refractivity contribution in [2.75, 3.05) is 20.2 Å². The highest BCUT2D eigenvalue weighted by molar-refractivity contribution is 5.93. The summed E-state index contributed by atoms with van der Waals surface area (Å²) < 4.78 is 15.0. The molecule has 0 saturated carbocycles. The quantitative estimate of drug-likeness (QED) is 0.542. The predicted octanol–water partition coefficient (Wildman–Crippen LogP) is 2.28. The van der Waals surface area contributed by atoms with Gasteiger partial charge < -0.3 is 14.0 Å². The van der Waals surface area contributed by atoms with E-state index in [1.807, 2.05) is 30.1 Å². The van der Waals surface area contributed by atoms with Crippen molar-refractivity contribution in [3.63, 3.8) is 0 Å². The molecule has 178 valence electrons. The van der Waals surface area contributed by atoms with Gasteiger partial charge in [0.15, 0.2) is 0 Å². The van der Waals surface area contributed by atoms with E-state index in [9.17, 15) is 9.59 Å². The topological polar surface area (TPSA) is 78.6 Å². The highest BCUT2D eigenvalue weighted by Crippen LogP contribution is 2.30. The first-order valence-electron chi connectivity index (χ1n) is 11.7. The summed E-state index contributed by atoms with van der Waals surface area (Å²) in [5, 5.41) is 4.34.